The third-order valence-corrected chi connectivity index (χ3v) is 2.26. The first-order valence-electron chi connectivity index (χ1n) is 5.56. The van der Waals surface area contributed by atoms with Gasteiger partial charge < -0.3 is 15.8 Å². The molecular weight excluding hydrogens is 208 g/mol. The van der Waals surface area contributed by atoms with Crippen molar-refractivity contribution in [3.63, 3.8) is 0 Å². The van der Waals surface area contributed by atoms with Gasteiger partial charge in [-0.25, -0.2) is 0 Å². The normalized spacial score (nSPS) is 11.2. The van der Waals surface area contributed by atoms with Gasteiger partial charge in [0.05, 0.1) is 18.6 Å². The fraction of sp³-hybridized carbons (Fsp3) is 0.818. The van der Waals surface area contributed by atoms with E-state index >= 15 is 0 Å². The number of carbonyl (C=O) groups excluding carboxylic acids is 2. The molecule has 5 nitrogen and oxygen atoms in total. The summed E-state index contributed by atoms with van der Waals surface area (Å²) in [6.07, 6.45) is 1.87. The molecule has 0 unspecified atom stereocenters. The molecule has 16 heavy (non-hydrogen) atoms. The lowest BCUT2D eigenvalue weighted by atomic mass is 9.93. The quantitative estimate of drug-likeness (QED) is 0.468. The maximum atomic E-state index is 11.2. The summed E-state index contributed by atoms with van der Waals surface area (Å²) in [6.45, 7) is 6.42. The molecule has 0 aliphatic heterocycles. The summed E-state index contributed by atoms with van der Waals surface area (Å²) >= 11 is 0. The summed E-state index contributed by atoms with van der Waals surface area (Å²) in [7, 11) is 0. The molecule has 5 heteroatoms. The zero-order valence-corrected chi connectivity index (χ0v) is 10.3. The first kappa shape index (κ1) is 14.9. The number of carbonyl (C=O) groups is 2. The van der Waals surface area contributed by atoms with E-state index in [1.54, 1.807) is 13.8 Å². The number of unbranched alkanes of at least 4 members (excludes halogenated alkanes) is 1. The van der Waals surface area contributed by atoms with Gasteiger partial charge in [0, 0.05) is 6.54 Å². The zero-order valence-electron chi connectivity index (χ0n) is 10.3. The summed E-state index contributed by atoms with van der Waals surface area (Å²) in [5.41, 5.74) is 4.54. The number of primary amides is 1. The molecule has 1 amide bonds. The first-order valence-corrected chi connectivity index (χ1v) is 5.56. The minimum Gasteiger partial charge on any atom is -0.465 e. The van der Waals surface area contributed by atoms with E-state index in [4.69, 9.17) is 10.5 Å². The van der Waals surface area contributed by atoms with Gasteiger partial charge in [-0.15, -0.1) is 0 Å². The second kappa shape index (κ2) is 7.22. The van der Waals surface area contributed by atoms with Gasteiger partial charge in [0.15, 0.2) is 0 Å². The average molecular weight is 230 g/mol. The van der Waals surface area contributed by atoms with Gasteiger partial charge in [0.2, 0.25) is 5.91 Å². The fourth-order valence-corrected chi connectivity index (χ4v) is 0.946. The van der Waals surface area contributed by atoms with E-state index in [-0.39, 0.29) is 18.4 Å². The molecule has 0 saturated carbocycles. The van der Waals surface area contributed by atoms with Crippen LogP contribution in [0.1, 0.15) is 33.6 Å². The number of nitrogens with one attached hydrogen (secondary N) is 1. The Morgan fingerprint density at radius 3 is 2.50 bits per heavy atom. The topological polar surface area (TPSA) is 81.4 Å². The maximum absolute atomic E-state index is 11.2. The molecule has 0 fully saturated rings. The third-order valence-electron chi connectivity index (χ3n) is 2.26. The second-order valence-electron chi connectivity index (χ2n) is 4.43. The minimum absolute atomic E-state index is 0.112. The van der Waals surface area contributed by atoms with Gasteiger partial charge >= 0.3 is 5.97 Å². The summed E-state index contributed by atoms with van der Waals surface area (Å²) < 4.78 is 4.94. The van der Waals surface area contributed by atoms with Crippen molar-refractivity contribution in [3.8, 4) is 0 Å². The second-order valence-corrected chi connectivity index (χ2v) is 4.43. The van der Waals surface area contributed by atoms with Gasteiger partial charge in [-0.1, -0.05) is 13.3 Å². The number of hydrogen-bond acceptors (Lipinski definition) is 4. The highest BCUT2D eigenvalue weighted by molar-refractivity contribution is 5.80. The smallest absolute Gasteiger partial charge is 0.319 e. The Bertz CT molecular complexity index is 239. The van der Waals surface area contributed by atoms with E-state index in [0.717, 1.165) is 12.8 Å². The van der Waals surface area contributed by atoms with Gasteiger partial charge in [-0.05, 0) is 20.3 Å². The van der Waals surface area contributed by atoms with E-state index in [1.807, 2.05) is 6.92 Å². The van der Waals surface area contributed by atoms with Crippen molar-refractivity contribution in [1.29, 1.82) is 0 Å². The maximum Gasteiger partial charge on any atom is 0.319 e. The standard InChI is InChI=1S/C11H22N2O3/c1-4-5-6-16-9(14)7-13-8-11(2,3)10(12)15/h13H,4-8H2,1-3H3,(H2,12,15). The van der Waals surface area contributed by atoms with Crippen LogP contribution in [0.25, 0.3) is 0 Å². The number of amides is 1. The largest absolute Gasteiger partial charge is 0.465 e. The lowest BCUT2D eigenvalue weighted by Crippen LogP contribution is -2.42. The minimum atomic E-state index is -0.649. The highest BCUT2D eigenvalue weighted by atomic mass is 16.5. The predicted octanol–water partition coefficient (Wildman–Crippen LogP) is 0.431. The molecule has 0 bridgehead atoms. The molecule has 0 rings (SSSR count). The van der Waals surface area contributed by atoms with Crippen molar-refractivity contribution in [2.75, 3.05) is 19.7 Å². The molecule has 0 aromatic heterocycles. The van der Waals surface area contributed by atoms with Crippen LogP contribution in [-0.2, 0) is 14.3 Å². The number of rotatable bonds is 8. The van der Waals surface area contributed by atoms with Crippen LogP contribution >= 0.6 is 0 Å². The van der Waals surface area contributed by atoms with Gasteiger partial charge in [0.25, 0.3) is 0 Å². The van der Waals surface area contributed by atoms with Crippen LogP contribution in [0, 0.1) is 5.41 Å². The van der Waals surface area contributed by atoms with Gasteiger partial charge in [-0.3, -0.25) is 9.59 Å². The number of esters is 1. The summed E-state index contributed by atoms with van der Waals surface area (Å²) in [6, 6.07) is 0. The van der Waals surface area contributed by atoms with Crippen LogP contribution in [0.15, 0.2) is 0 Å². The first-order chi connectivity index (χ1) is 7.40. The SMILES string of the molecule is CCCCOC(=O)CNCC(C)(C)C(N)=O. The monoisotopic (exact) mass is 230 g/mol. The highest BCUT2D eigenvalue weighted by Crippen LogP contribution is 2.11. The number of nitrogens with two attached hydrogens (primary N) is 1. The van der Waals surface area contributed by atoms with Gasteiger partial charge in [0.1, 0.15) is 0 Å². The van der Waals surface area contributed by atoms with Crippen LogP contribution in [0.5, 0.6) is 0 Å². The lowest BCUT2D eigenvalue weighted by Gasteiger charge is -2.20. The third kappa shape index (κ3) is 6.40. The Hall–Kier alpha value is -1.10. The molecule has 0 atom stereocenters. The summed E-state index contributed by atoms with van der Waals surface area (Å²) in [4.78, 5) is 22.1. The van der Waals surface area contributed by atoms with E-state index in [1.165, 1.54) is 0 Å². The van der Waals surface area contributed by atoms with Crippen LogP contribution < -0.4 is 11.1 Å². The van der Waals surface area contributed by atoms with Gasteiger partial charge in [-0.2, -0.15) is 0 Å². The Morgan fingerprint density at radius 2 is 2.00 bits per heavy atom. The Kier molecular flexibility index (Phi) is 6.72. The number of hydrogen-bond donors (Lipinski definition) is 2. The van der Waals surface area contributed by atoms with Crippen LogP contribution in [0.4, 0.5) is 0 Å². The molecule has 0 heterocycles. The molecule has 0 aliphatic rings. The molecule has 0 aromatic carbocycles. The predicted molar refractivity (Wildman–Crippen MR) is 61.7 cm³/mol. The van der Waals surface area contributed by atoms with Crippen LogP contribution in [0.3, 0.4) is 0 Å². The van der Waals surface area contributed by atoms with E-state index in [9.17, 15) is 9.59 Å². The van der Waals surface area contributed by atoms with Crippen molar-refractivity contribution in [1.82, 2.24) is 5.32 Å². The Morgan fingerprint density at radius 1 is 1.38 bits per heavy atom. The van der Waals surface area contributed by atoms with Crippen molar-refractivity contribution in [2.24, 2.45) is 11.1 Å². The van der Waals surface area contributed by atoms with Crippen LogP contribution in [-0.4, -0.2) is 31.6 Å². The highest BCUT2D eigenvalue weighted by Gasteiger charge is 2.24. The van der Waals surface area contributed by atoms with Crippen molar-refractivity contribution in [2.45, 2.75) is 33.6 Å². The molecule has 3 N–H and O–H groups in total. The van der Waals surface area contributed by atoms with E-state index in [2.05, 4.69) is 5.32 Å². The summed E-state index contributed by atoms with van der Waals surface area (Å²) in [5.74, 6) is -0.687. The zero-order chi connectivity index (χ0) is 12.6. The molecular formula is C11H22N2O3. The molecule has 0 aliphatic carbocycles. The van der Waals surface area contributed by atoms with Crippen molar-refractivity contribution >= 4 is 11.9 Å². The van der Waals surface area contributed by atoms with Crippen molar-refractivity contribution in [3.05, 3.63) is 0 Å². The number of ether oxygens (including phenoxy) is 1. The van der Waals surface area contributed by atoms with E-state index < -0.39 is 5.41 Å². The fourth-order valence-electron chi connectivity index (χ4n) is 0.946. The Balaban J connectivity index is 3.65. The van der Waals surface area contributed by atoms with Crippen molar-refractivity contribution < 1.29 is 14.3 Å². The molecule has 94 valence electrons. The average Bonchev–Trinajstić information content (AvgIpc) is 2.17. The molecule has 0 saturated heterocycles. The Labute approximate surface area is 96.7 Å². The summed E-state index contributed by atoms with van der Waals surface area (Å²) in [5, 5.41) is 2.86. The molecule has 0 spiro atoms. The van der Waals surface area contributed by atoms with E-state index in [0.29, 0.717) is 13.2 Å². The van der Waals surface area contributed by atoms with Crippen LogP contribution in [0.2, 0.25) is 0 Å². The molecule has 0 radical (unpaired) electrons. The molecule has 0 aromatic rings. The lowest BCUT2D eigenvalue weighted by molar-refractivity contribution is -0.143.